The fraction of sp³-hybridized carbons (Fsp3) is 0.389. The maximum Gasteiger partial charge on any atom is 0.342 e. The number of nitrogens with zero attached hydrogens (tertiary/aromatic N) is 1. The molecule has 2 heterocycles. The number of anilines is 1. The zero-order chi connectivity index (χ0) is 20.9. The van der Waals surface area contributed by atoms with E-state index < -0.39 is 35.0 Å². The molecule has 0 aliphatic carbocycles. The van der Waals surface area contributed by atoms with Crippen LogP contribution in [-0.2, 0) is 43.7 Å². The highest BCUT2D eigenvalue weighted by Crippen LogP contribution is 2.56. The van der Waals surface area contributed by atoms with E-state index in [2.05, 4.69) is 15.9 Å². The number of methoxy groups -OCH3 is 4. The molecule has 1 spiro atoms. The first-order valence-corrected chi connectivity index (χ1v) is 8.83. The van der Waals surface area contributed by atoms with Gasteiger partial charge in [-0.25, -0.2) is 9.59 Å². The topological polar surface area (TPSA) is 101 Å². The van der Waals surface area contributed by atoms with Crippen LogP contribution in [0, 0.1) is 0 Å². The van der Waals surface area contributed by atoms with Crippen molar-refractivity contribution < 1.29 is 38.1 Å². The number of likely N-dealkylation sites (N-methyl/N-ethyl adjacent to an activating group) is 1. The van der Waals surface area contributed by atoms with Gasteiger partial charge in [0.1, 0.15) is 11.1 Å². The van der Waals surface area contributed by atoms with Gasteiger partial charge >= 0.3 is 17.9 Å². The summed E-state index contributed by atoms with van der Waals surface area (Å²) >= 11 is 3.36. The van der Waals surface area contributed by atoms with E-state index in [1.807, 2.05) is 0 Å². The van der Waals surface area contributed by atoms with Gasteiger partial charge in [0.05, 0.1) is 19.9 Å². The minimum Gasteiger partial charge on any atom is -0.466 e. The number of amides is 1. The number of halogens is 1. The lowest BCUT2D eigenvalue weighted by atomic mass is 9.85. The smallest absolute Gasteiger partial charge is 0.342 e. The van der Waals surface area contributed by atoms with Gasteiger partial charge in [0.25, 0.3) is 5.91 Å². The normalized spacial score (nSPS) is 22.6. The van der Waals surface area contributed by atoms with Crippen LogP contribution in [0.5, 0.6) is 0 Å². The summed E-state index contributed by atoms with van der Waals surface area (Å²) in [5, 5.41) is 0. The van der Waals surface area contributed by atoms with Crippen LogP contribution < -0.4 is 4.90 Å². The average molecular weight is 456 g/mol. The zero-order valence-corrected chi connectivity index (χ0v) is 17.4. The maximum absolute atomic E-state index is 13.4. The van der Waals surface area contributed by atoms with Crippen LogP contribution in [0.3, 0.4) is 0 Å². The standard InChI is InChI=1S/C18H18BrNO8/c1-20-11-7-6-9(19)8-10(11)17(16(20)23)12(14(21)24-2)13(15(22)25-3)18(26-4,27-5)28-17/h6-8H,1-5H3. The third-order valence-electron chi connectivity index (χ3n) is 4.82. The van der Waals surface area contributed by atoms with Crippen LogP contribution in [0.2, 0.25) is 0 Å². The summed E-state index contributed by atoms with van der Waals surface area (Å²) in [6, 6.07) is 5.04. The Bertz CT molecular complexity index is 907. The number of carbonyl (C=O) groups is 3. The number of carbonyl (C=O) groups excluding carboxylic acids is 3. The Morgan fingerprint density at radius 2 is 1.61 bits per heavy atom. The molecule has 3 rings (SSSR count). The highest BCUT2D eigenvalue weighted by molar-refractivity contribution is 9.10. The Morgan fingerprint density at radius 1 is 1.04 bits per heavy atom. The van der Waals surface area contributed by atoms with Crippen molar-refractivity contribution in [3.8, 4) is 0 Å². The van der Waals surface area contributed by atoms with Crippen molar-refractivity contribution in [2.75, 3.05) is 40.4 Å². The van der Waals surface area contributed by atoms with Crippen molar-refractivity contribution in [1.29, 1.82) is 0 Å². The highest BCUT2D eigenvalue weighted by atomic mass is 79.9. The van der Waals surface area contributed by atoms with E-state index in [1.165, 1.54) is 26.2 Å². The molecule has 0 fully saturated rings. The largest absolute Gasteiger partial charge is 0.466 e. The molecular weight excluding hydrogens is 438 g/mol. The van der Waals surface area contributed by atoms with Gasteiger partial charge in [0, 0.05) is 31.3 Å². The average Bonchev–Trinajstić information content (AvgIpc) is 3.13. The van der Waals surface area contributed by atoms with Crippen molar-refractivity contribution in [1.82, 2.24) is 0 Å². The van der Waals surface area contributed by atoms with Crippen LogP contribution in [-0.4, -0.2) is 59.3 Å². The summed E-state index contributed by atoms with van der Waals surface area (Å²) in [6.07, 6.45) is 0. The Labute approximate surface area is 169 Å². The van der Waals surface area contributed by atoms with E-state index in [4.69, 9.17) is 23.7 Å². The third-order valence-corrected chi connectivity index (χ3v) is 5.31. The number of hydrogen-bond acceptors (Lipinski definition) is 8. The number of rotatable bonds is 4. The number of hydrogen-bond donors (Lipinski definition) is 0. The first-order valence-electron chi connectivity index (χ1n) is 8.04. The van der Waals surface area contributed by atoms with Crippen LogP contribution in [0.4, 0.5) is 5.69 Å². The van der Waals surface area contributed by atoms with Gasteiger partial charge in [-0.15, -0.1) is 0 Å². The molecule has 0 N–H and O–H groups in total. The van der Waals surface area contributed by atoms with Gasteiger partial charge < -0.3 is 23.8 Å². The predicted octanol–water partition coefficient (Wildman–Crippen LogP) is 1.24. The van der Waals surface area contributed by atoms with Crippen molar-refractivity contribution in [2.45, 2.75) is 11.6 Å². The highest BCUT2D eigenvalue weighted by Gasteiger charge is 2.69. The number of fused-ring (bicyclic) bond motifs is 2. The fourth-order valence-electron chi connectivity index (χ4n) is 3.56. The summed E-state index contributed by atoms with van der Waals surface area (Å²) in [4.78, 5) is 40.1. The van der Waals surface area contributed by atoms with Crippen molar-refractivity contribution in [2.24, 2.45) is 0 Å². The van der Waals surface area contributed by atoms with Gasteiger partial charge in [-0.05, 0) is 18.2 Å². The lowest BCUT2D eigenvalue weighted by molar-refractivity contribution is -0.349. The molecule has 0 aromatic heterocycles. The molecule has 0 saturated carbocycles. The molecule has 0 saturated heterocycles. The summed E-state index contributed by atoms with van der Waals surface area (Å²) in [6.45, 7) is 0. The first kappa shape index (κ1) is 20.5. The van der Waals surface area contributed by atoms with E-state index >= 15 is 0 Å². The molecular formula is C18H18BrNO8. The molecule has 1 amide bonds. The van der Waals surface area contributed by atoms with Crippen LogP contribution in [0.15, 0.2) is 33.8 Å². The van der Waals surface area contributed by atoms with Gasteiger partial charge in [0.2, 0.25) is 5.60 Å². The fourth-order valence-corrected chi connectivity index (χ4v) is 3.93. The number of benzene rings is 1. The Kier molecular flexibility index (Phi) is 5.09. The molecule has 10 heteroatoms. The minimum atomic E-state index is -2.16. The molecule has 28 heavy (non-hydrogen) atoms. The molecule has 1 aromatic rings. The Balaban J connectivity index is 2.46. The Hall–Kier alpha value is -2.27. The summed E-state index contributed by atoms with van der Waals surface area (Å²) in [7, 11) is 6.21. The Morgan fingerprint density at radius 3 is 2.14 bits per heavy atom. The number of esters is 2. The van der Waals surface area contributed by atoms with E-state index in [0.717, 1.165) is 14.2 Å². The van der Waals surface area contributed by atoms with Gasteiger partial charge in [0.15, 0.2) is 0 Å². The summed E-state index contributed by atoms with van der Waals surface area (Å²) in [5.74, 6) is -4.68. The van der Waals surface area contributed by atoms with Crippen LogP contribution in [0.1, 0.15) is 5.56 Å². The molecule has 1 unspecified atom stereocenters. The van der Waals surface area contributed by atoms with Crippen LogP contribution in [0.25, 0.3) is 0 Å². The van der Waals surface area contributed by atoms with Gasteiger partial charge in [-0.1, -0.05) is 15.9 Å². The van der Waals surface area contributed by atoms with Gasteiger partial charge in [-0.3, -0.25) is 9.53 Å². The van der Waals surface area contributed by atoms with E-state index in [9.17, 15) is 14.4 Å². The second-order valence-electron chi connectivity index (χ2n) is 6.01. The maximum atomic E-state index is 13.4. The van der Waals surface area contributed by atoms with Gasteiger partial charge in [-0.2, -0.15) is 0 Å². The molecule has 2 aliphatic rings. The predicted molar refractivity (Wildman–Crippen MR) is 98.1 cm³/mol. The quantitative estimate of drug-likeness (QED) is 0.493. The van der Waals surface area contributed by atoms with Crippen LogP contribution >= 0.6 is 15.9 Å². The molecule has 1 aromatic carbocycles. The molecule has 150 valence electrons. The first-order chi connectivity index (χ1) is 13.2. The van der Waals surface area contributed by atoms with E-state index in [0.29, 0.717) is 15.7 Å². The van der Waals surface area contributed by atoms with E-state index in [-0.39, 0.29) is 5.57 Å². The third kappa shape index (κ3) is 2.45. The SMILES string of the molecule is COC(=O)C1=C(C(=O)OC)C2(OC1(OC)OC)C(=O)N(C)c1ccc(Br)cc12. The summed E-state index contributed by atoms with van der Waals surface area (Å²) < 4.78 is 27.0. The van der Waals surface area contributed by atoms with Crippen molar-refractivity contribution >= 4 is 39.5 Å². The molecule has 9 nitrogen and oxygen atoms in total. The van der Waals surface area contributed by atoms with Crippen molar-refractivity contribution in [3.63, 3.8) is 0 Å². The van der Waals surface area contributed by atoms with E-state index in [1.54, 1.807) is 18.2 Å². The molecule has 0 bridgehead atoms. The lowest BCUT2D eigenvalue weighted by Crippen LogP contribution is -2.47. The molecule has 0 radical (unpaired) electrons. The second kappa shape index (κ2) is 6.96. The number of ether oxygens (including phenoxy) is 5. The van der Waals surface area contributed by atoms with Crippen molar-refractivity contribution in [3.05, 3.63) is 39.4 Å². The minimum absolute atomic E-state index is 0.326. The molecule has 1 atom stereocenters. The monoisotopic (exact) mass is 455 g/mol. The zero-order valence-electron chi connectivity index (χ0n) is 15.8. The lowest BCUT2D eigenvalue weighted by Gasteiger charge is -2.31. The second-order valence-corrected chi connectivity index (χ2v) is 6.92. The molecule has 2 aliphatic heterocycles. The summed E-state index contributed by atoms with van der Waals surface area (Å²) in [5.41, 5.74) is -1.97.